The zero-order valence-corrected chi connectivity index (χ0v) is 25.1. The second-order valence-electron chi connectivity index (χ2n) is 11.1. The van der Waals surface area contributed by atoms with Crippen molar-refractivity contribution in [3.05, 3.63) is 77.4 Å². The Labute approximate surface area is 245 Å². The van der Waals surface area contributed by atoms with Crippen LogP contribution in [0.4, 0.5) is 5.69 Å². The van der Waals surface area contributed by atoms with Gasteiger partial charge in [0.25, 0.3) is 10.1 Å². The van der Waals surface area contributed by atoms with E-state index in [1.165, 1.54) is 41.3 Å². The third-order valence-electron chi connectivity index (χ3n) is 7.99. The molecule has 0 aromatic heterocycles. The van der Waals surface area contributed by atoms with E-state index in [1.54, 1.807) is 0 Å². The van der Waals surface area contributed by atoms with Crippen LogP contribution in [-0.4, -0.2) is 55.7 Å². The smallest absolute Gasteiger partial charge is 0.264 e. The average Bonchev–Trinajstić information content (AvgIpc) is 2.98. The van der Waals surface area contributed by atoms with Crippen molar-refractivity contribution in [1.29, 1.82) is 0 Å². The van der Waals surface area contributed by atoms with Crippen LogP contribution in [0.5, 0.6) is 0 Å². The molecule has 4 rings (SSSR count). The largest absolute Gasteiger partial charge is 0.368 e. The normalized spacial score (nSPS) is 14.3. The molecule has 41 heavy (non-hydrogen) atoms. The summed E-state index contributed by atoms with van der Waals surface area (Å²) in [6, 6.07) is 21.2. The number of rotatable bonds is 14. The molecule has 0 atom stereocenters. The van der Waals surface area contributed by atoms with Crippen molar-refractivity contribution in [3.8, 4) is 0 Å². The van der Waals surface area contributed by atoms with Gasteiger partial charge in [-0.15, -0.1) is 0 Å². The summed E-state index contributed by atoms with van der Waals surface area (Å²) in [5.41, 5.74) is 4.64. The molecule has 1 N–H and O–H groups in total. The maximum absolute atomic E-state index is 12.6. The number of benzene rings is 3. The molecule has 0 bridgehead atoms. The van der Waals surface area contributed by atoms with Crippen LogP contribution in [-0.2, 0) is 21.3 Å². The lowest BCUT2D eigenvalue weighted by atomic mass is 9.96. The van der Waals surface area contributed by atoms with E-state index in [9.17, 15) is 13.2 Å². The van der Waals surface area contributed by atoms with Crippen molar-refractivity contribution in [2.75, 3.05) is 36.8 Å². The first-order valence-electron chi connectivity index (χ1n) is 15.1. The minimum Gasteiger partial charge on any atom is -0.368 e. The molecule has 1 heterocycles. The van der Waals surface area contributed by atoms with E-state index in [0.717, 1.165) is 56.6 Å². The third kappa shape index (κ3) is 9.44. The number of hydrogen-bond acceptors (Lipinski definition) is 4. The van der Waals surface area contributed by atoms with E-state index >= 15 is 0 Å². The Morgan fingerprint density at radius 2 is 1.51 bits per heavy atom. The van der Waals surface area contributed by atoms with Gasteiger partial charge in [0.1, 0.15) is 0 Å². The fourth-order valence-electron chi connectivity index (χ4n) is 5.58. The molecule has 1 amide bonds. The molecule has 0 aliphatic carbocycles. The van der Waals surface area contributed by atoms with Gasteiger partial charge in [-0.05, 0) is 65.3 Å². The van der Waals surface area contributed by atoms with Crippen LogP contribution in [0.2, 0.25) is 0 Å². The Morgan fingerprint density at radius 3 is 2.22 bits per heavy atom. The average molecular weight is 577 g/mol. The highest BCUT2D eigenvalue weighted by molar-refractivity contribution is 7.85. The summed E-state index contributed by atoms with van der Waals surface area (Å²) >= 11 is 0. The van der Waals surface area contributed by atoms with Gasteiger partial charge in [0.15, 0.2) is 0 Å². The summed E-state index contributed by atoms with van der Waals surface area (Å²) in [6.07, 6.45) is 12.8. The minimum atomic E-state index is -3.91. The number of carbonyl (C=O) groups excluding carboxylic acids is 1. The topological polar surface area (TPSA) is 77.9 Å². The van der Waals surface area contributed by atoms with Crippen LogP contribution in [0.1, 0.15) is 75.0 Å². The Morgan fingerprint density at radius 1 is 0.805 bits per heavy atom. The van der Waals surface area contributed by atoms with E-state index in [-0.39, 0.29) is 5.75 Å². The Hall–Kier alpha value is -3.16. The highest BCUT2D eigenvalue weighted by atomic mass is 32.2. The second-order valence-corrected chi connectivity index (χ2v) is 12.6. The zero-order chi connectivity index (χ0) is 29.1. The molecule has 1 aliphatic rings. The first-order valence-corrected chi connectivity index (χ1v) is 16.7. The van der Waals surface area contributed by atoms with Crippen molar-refractivity contribution in [2.45, 2.75) is 64.7 Å². The molecule has 6 nitrogen and oxygen atoms in total. The minimum absolute atomic E-state index is 0.195. The third-order valence-corrected chi connectivity index (χ3v) is 8.79. The Bertz CT molecular complexity index is 1410. The lowest BCUT2D eigenvalue weighted by Gasteiger charge is -2.36. The lowest BCUT2D eigenvalue weighted by Crippen LogP contribution is -2.48. The van der Waals surface area contributed by atoms with Gasteiger partial charge in [-0.1, -0.05) is 93.3 Å². The van der Waals surface area contributed by atoms with Gasteiger partial charge in [0.05, 0.1) is 5.75 Å². The Kier molecular flexibility index (Phi) is 11.4. The number of hydrogen-bond donors (Lipinski definition) is 1. The maximum atomic E-state index is 12.6. The van der Waals surface area contributed by atoms with E-state index < -0.39 is 10.1 Å². The SMILES string of the molecule is CCCCCCCC(=O)N1CCN(c2ccc(/C=C/c3ccc(CCCCS(=O)(=O)O)c4ccccc34)cc2)CC1. The van der Waals surface area contributed by atoms with Crippen LogP contribution in [0.3, 0.4) is 0 Å². The van der Waals surface area contributed by atoms with Crippen LogP contribution >= 0.6 is 0 Å². The molecule has 1 aliphatic heterocycles. The monoisotopic (exact) mass is 576 g/mol. The second kappa shape index (κ2) is 15.2. The van der Waals surface area contributed by atoms with E-state index in [0.29, 0.717) is 25.2 Å². The Balaban J connectivity index is 1.31. The van der Waals surface area contributed by atoms with Crippen molar-refractivity contribution in [1.82, 2.24) is 4.90 Å². The number of piperazine rings is 1. The zero-order valence-electron chi connectivity index (χ0n) is 24.3. The first-order chi connectivity index (χ1) is 19.8. The summed E-state index contributed by atoms with van der Waals surface area (Å²) in [4.78, 5) is 17.0. The lowest BCUT2D eigenvalue weighted by molar-refractivity contribution is -0.131. The summed E-state index contributed by atoms with van der Waals surface area (Å²) in [5, 5.41) is 2.34. The van der Waals surface area contributed by atoms with Crippen LogP contribution in [0, 0.1) is 0 Å². The van der Waals surface area contributed by atoms with E-state index in [1.807, 2.05) is 17.0 Å². The highest BCUT2D eigenvalue weighted by Crippen LogP contribution is 2.26. The molecule has 0 radical (unpaired) electrons. The summed E-state index contributed by atoms with van der Waals surface area (Å²) in [7, 11) is -3.91. The van der Waals surface area contributed by atoms with E-state index in [4.69, 9.17) is 4.55 Å². The van der Waals surface area contributed by atoms with Crippen molar-refractivity contribution < 1.29 is 17.8 Å². The molecule has 220 valence electrons. The first kappa shape index (κ1) is 30.8. The summed E-state index contributed by atoms with van der Waals surface area (Å²) in [6.45, 7) is 5.52. The van der Waals surface area contributed by atoms with Crippen LogP contribution in [0.25, 0.3) is 22.9 Å². The van der Waals surface area contributed by atoms with Crippen molar-refractivity contribution in [2.24, 2.45) is 0 Å². The molecule has 1 saturated heterocycles. The molecular weight excluding hydrogens is 532 g/mol. The van der Waals surface area contributed by atoms with Crippen molar-refractivity contribution >= 4 is 44.6 Å². The molecule has 0 unspecified atom stereocenters. The predicted molar refractivity (Wildman–Crippen MR) is 171 cm³/mol. The van der Waals surface area contributed by atoms with Gasteiger partial charge < -0.3 is 9.80 Å². The number of fused-ring (bicyclic) bond motifs is 1. The summed E-state index contributed by atoms with van der Waals surface area (Å²) < 4.78 is 31.0. The van der Waals surface area contributed by atoms with E-state index in [2.05, 4.69) is 72.5 Å². The fraction of sp³-hybridized carbons (Fsp3) is 0.441. The van der Waals surface area contributed by atoms with Crippen LogP contribution < -0.4 is 4.90 Å². The van der Waals surface area contributed by atoms with Gasteiger partial charge in [0, 0.05) is 38.3 Å². The quantitative estimate of drug-likeness (QED) is 0.124. The number of anilines is 1. The molecular formula is C34H44N2O4S. The molecule has 0 saturated carbocycles. The number of carbonyl (C=O) groups is 1. The highest BCUT2D eigenvalue weighted by Gasteiger charge is 2.20. The number of amides is 1. The number of nitrogens with zero attached hydrogens (tertiary/aromatic N) is 2. The van der Waals surface area contributed by atoms with Crippen LogP contribution in [0.15, 0.2) is 60.7 Å². The van der Waals surface area contributed by atoms with Gasteiger partial charge >= 0.3 is 0 Å². The van der Waals surface area contributed by atoms with Gasteiger partial charge in [-0.25, -0.2) is 0 Å². The van der Waals surface area contributed by atoms with Crippen molar-refractivity contribution in [3.63, 3.8) is 0 Å². The number of aryl methyl sites for hydroxylation is 1. The molecule has 7 heteroatoms. The molecule has 0 spiro atoms. The fourth-order valence-corrected chi connectivity index (χ4v) is 6.15. The van der Waals surface area contributed by atoms with Gasteiger partial charge in [-0.2, -0.15) is 8.42 Å². The molecule has 1 fully saturated rings. The number of unbranched alkanes of at least 4 members (excludes halogenated alkanes) is 5. The summed E-state index contributed by atoms with van der Waals surface area (Å²) in [5.74, 6) is 0.110. The van der Waals surface area contributed by atoms with Gasteiger partial charge in [-0.3, -0.25) is 9.35 Å². The standard InChI is InChI=1S/C34H44N2O4S/c1-2-3-4-5-6-14-34(37)36-25-23-35(24-26-36)31-21-16-28(17-22-31)15-18-30-20-19-29(11-9-10-27-41(38,39)40)32-12-7-8-13-33(30)32/h7-8,12-13,15-22H,2-6,9-11,14,23-27H2,1H3,(H,38,39,40)/b18-15+. The maximum Gasteiger partial charge on any atom is 0.264 e. The molecule has 3 aromatic rings. The molecule has 3 aromatic carbocycles. The van der Waals surface area contributed by atoms with Gasteiger partial charge in [0.2, 0.25) is 5.91 Å². The predicted octanol–water partition coefficient (Wildman–Crippen LogP) is 7.23.